The van der Waals surface area contributed by atoms with Crippen LogP contribution in [0.4, 0.5) is 11.8 Å². The maximum atomic E-state index is 11.0. The maximum Gasteiger partial charge on any atom is 0.226 e. The van der Waals surface area contributed by atoms with E-state index >= 15 is 0 Å². The number of nitrogens with one attached hydrogen (secondary N) is 2. The zero-order chi connectivity index (χ0) is 29.8. The lowest BCUT2D eigenvalue weighted by molar-refractivity contribution is -0.0384. The Hall–Kier alpha value is -3.80. The molecule has 0 spiro atoms. The van der Waals surface area contributed by atoms with E-state index in [1.807, 2.05) is 37.3 Å². The normalized spacial score (nSPS) is 23.5. The molecule has 0 saturated carbocycles. The first-order chi connectivity index (χ1) is 21.0. The lowest BCUT2D eigenvalue weighted by Gasteiger charge is -2.26. The van der Waals surface area contributed by atoms with Crippen molar-refractivity contribution in [3.63, 3.8) is 0 Å². The van der Waals surface area contributed by atoms with Gasteiger partial charge in [0, 0.05) is 26.2 Å². The van der Waals surface area contributed by atoms with Gasteiger partial charge in [0.05, 0.1) is 38.7 Å². The van der Waals surface area contributed by atoms with E-state index in [4.69, 9.17) is 19.4 Å². The van der Waals surface area contributed by atoms with Gasteiger partial charge in [-0.2, -0.15) is 14.8 Å². The molecule has 5 N–H and O–H groups in total. The molecular weight excluding hydrogens is 558 g/mol. The van der Waals surface area contributed by atoms with Gasteiger partial charge in [0.1, 0.15) is 12.2 Å². The smallest absolute Gasteiger partial charge is 0.226 e. The molecule has 5 heterocycles. The van der Waals surface area contributed by atoms with Crippen LogP contribution in [0.3, 0.4) is 0 Å². The van der Waals surface area contributed by atoms with Crippen LogP contribution in [0.25, 0.3) is 11.2 Å². The molecule has 0 radical (unpaired) electrons. The summed E-state index contributed by atoms with van der Waals surface area (Å²) in [6.07, 6.45) is -2.58. The van der Waals surface area contributed by atoms with Crippen molar-refractivity contribution >= 4 is 22.9 Å². The second-order valence-corrected chi connectivity index (χ2v) is 10.6. The van der Waals surface area contributed by atoms with Crippen LogP contribution in [0.15, 0.2) is 36.7 Å². The third-order valence-electron chi connectivity index (χ3n) is 7.64. The third kappa shape index (κ3) is 6.43. The van der Waals surface area contributed by atoms with Gasteiger partial charge in [-0.15, -0.1) is 10.2 Å². The largest absolute Gasteiger partial charge is 0.394 e. The summed E-state index contributed by atoms with van der Waals surface area (Å²) < 4.78 is 13.1. The summed E-state index contributed by atoms with van der Waals surface area (Å²) in [5, 5.41) is 50.9. The molecule has 2 aliphatic heterocycles. The number of anilines is 2. The lowest BCUT2D eigenvalue weighted by atomic mass is 10.1. The van der Waals surface area contributed by atoms with Crippen molar-refractivity contribution in [1.82, 2.24) is 44.6 Å². The molecule has 0 aliphatic carbocycles. The Morgan fingerprint density at radius 1 is 1.09 bits per heavy atom. The van der Waals surface area contributed by atoms with Crippen LogP contribution in [-0.4, -0.2) is 124 Å². The van der Waals surface area contributed by atoms with Crippen LogP contribution in [-0.2, 0) is 22.4 Å². The Labute approximate surface area is 247 Å². The van der Waals surface area contributed by atoms with Gasteiger partial charge in [-0.1, -0.05) is 30.3 Å². The highest BCUT2D eigenvalue weighted by Gasteiger charge is 2.47. The predicted octanol–water partition coefficient (Wildman–Crippen LogP) is -0.416. The fourth-order valence-corrected chi connectivity index (χ4v) is 5.29. The Morgan fingerprint density at radius 2 is 1.91 bits per heavy atom. The number of imidazole rings is 1. The summed E-state index contributed by atoms with van der Waals surface area (Å²) in [4.78, 5) is 17.7. The number of tetrazole rings is 1. The molecule has 0 unspecified atom stereocenters. The van der Waals surface area contributed by atoms with Gasteiger partial charge in [-0.25, -0.2) is 4.98 Å². The number of aliphatic hydroxyl groups excluding tert-OH is 3. The molecule has 16 nitrogen and oxygen atoms in total. The first-order valence-electron chi connectivity index (χ1n) is 14.5. The van der Waals surface area contributed by atoms with Crippen molar-refractivity contribution in [3.8, 4) is 0 Å². The van der Waals surface area contributed by atoms with Crippen molar-refractivity contribution in [2.24, 2.45) is 0 Å². The summed E-state index contributed by atoms with van der Waals surface area (Å²) in [5.74, 6) is 0.942. The minimum atomic E-state index is -1.32. The van der Waals surface area contributed by atoms with Crippen molar-refractivity contribution in [1.29, 1.82) is 0 Å². The zero-order valence-corrected chi connectivity index (χ0v) is 23.9. The molecule has 2 fully saturated rings. The minimum absolute atomic E-state index is 0.134. The van der Waals surface area contributed by atoms with E-state index in [9.17, 15) is 15.3 Å². The average Bonchev–Trinajstić information content (AvgIpc) is 3.76. The monoisotopic (exact) mass is 595 g/mol. The van der Waals surface area contributed by atoms with E-state index in [2.05, 4.69) is 35.9 Å². The number of hydrogen-bond acceptors (Lipinski definition) is 14. The Balaban J connectivity index is 1.29. The second-order valence-electron chi connectivity index (χ2n) is 10.6. The fourth-order valence-electron chi connectivity index (χ4n) is 5.29. The molecular formula is C27H37N11O5. The minimum Gasteiger partial charge on any atom is -0.394 e. The zero-order valence-electron chi connectivity index (χ0n) is 23.9. The Bertz CT molecular complexity index is 1480. The number of aryl methyl sites for hydroxylation is 1. The van der Waals surface area contributed by atoms with Crippen LogP contribution in [0, 0.1) is 0 Å². The van der Waals surface area contributed by atoms with Crippen LogP contribution in [0.1, 0.15) is 30.6 Å². The number of ether oxygens (including phenoxy) is 2. The second kappa shape index (κ2) is 13.2. The molecule has 1 aromatic carbocycles. The highest BCUT2D eigenvalue weighted by Crippen LogP contribution is 2.39. The van der Waals surface area contributed by atoms with Crippen molar-refractivity contribution in [2.75, 3.05) is 56.6 Å². The number of aliphatic hydroxyl groups is 3. The van der Waals surface area contributed by atoms with Gasteiger partial charge in [0.25, 0.3) is 0 Å². The molecule has 0 amide bonds. The molecule has 2 aliphatic rings. The van der Waals surface area contributed by atoms with Gasteiger partial charge in [0.15, 0.2) is 29.3 Å². The quantitative estimate of drug-likeness (QED) is 0.142. The number of aromatic nitrogens is 8. The highest BCUT2D eigenvalue weighted by atomic mass is 16.6. The number of morpholine rings is 1. The number of fused-ring (bicyclic) bond motifs is 1. The highest BCUT2D eigenvalue weighted by molar-refractivity contribution is 5.84. The van der Waals surface area contributed by atoms with E-state index in [0.29, 0.717) is 55.7 Å². The molecule has 5 atom stereocenters. The van der Waals surface area contributed by atoms with Gasteiger partial charge < -0.3 is 35.4 Å². The number of nitrogens with zero attached hydrogens (tertiary/aromatic N) is 9. The van der Waals surface area contributed by atoms with E-state index in [0.717, 1.165) is 25.2 Å². The summed E-state index contributed by atoms with van der Waals surface area (Å²) in [7, 11) is 0. The summed E-state index contributed by atoms with van der Waals surface area (Å²) in [6, 6.07) is 9.51. The number of benzene rings is 1. The number of hydrogen-bond donors (Lipinski definition) is 5. The van der Waals surface area contributed by atoms with Crippen molar-refractivity contribution < 1.29 is 24.8 Å². The average molecular weight is 596 g/mol. The molecule has 230 valence electrons. The Morgan fingerprint density at radius 3 is 2.65 bits per heavy atom. The van der Waals surface area contributed by atoms with Gasteiger partial charge in [0.2, 0.25) is 11.8 Å². The topological polar surface area (TPSA) is 194 Å². The van der Waals surface area contributed by atoms with E-state index in [-0.39, 0.29) is 18.5 Å². The third-order valence-corrected chi connectivity index (χ3v) is 7.64. The van der Waals surface area contributed by atoms with Crippen molar-refractivity contribution in [3.05, 3.63) is 48.0 Å². The van der Waals surface area contributed by atoms with E-state index < -0.39 is 24.5 Å². The maximum absolute atomic E-state index is 11.0. The molecule has 4 aromatic rings. The van der Waals surface area contributed by atoms with Crippen molar-refractivity contribution in [2.45, 2.75) is 50.5 Å². The fraction of sp³-hybridized carbons (Fsp3) is 0.556. The molecule has 16 heteroatoms. The molecule has 3 aromatic heterocycles. The molecule has 6 rings (SSSR count). The Kier molecular flexibility index (Phi) is 9.01. The molecule has 43 heavy (non-hydrogen) atoms. The van der Waals surface area contributed by atoms with Gasteiger partial charge in [-0.05, 0) is 24.1 Å². The van der Waals surface area contributed by atoms with Gasteiger partial charge >= 0.3 is 0 Å². The lowest BCUT2D eigenvalue weighted by Crippen LogP contribution is -2.39. The number of rotatable bonds is 12. The first kappa shape index (κ1) is 29.3. The van der Waals surface area contributed by atoms with Crippen LogP contribution < -0.4 is 10.6 Å². The summed E-state index contributed by atoms with van der Waals surface area (Å²) in [6.45, 7) is 6.75. The van der Waals surface area contributed by atoms with Crippen LogP contribution in [0.5, 0.6) is 0 Å². The first-order valence-corrected chi connectivity index (χ1v) is 14.5. The molecule has 0 bridgehead atoms. The van der Waals surface area contributed by atoms with E-state index in [1.54, 1.807) is 4.57 Å². The molecule has 2 saturated heterocycles. The summed E-state index contributed by atoms with van der Waals surface area (Å²) >= 11 is 0. The standard InChI is InChI=1S/C27H37N11O5/c1-2-38-34-24(33-35-38)22-20(40)21(41)26(43-22)37-16-29-19-23(30-18(15-39)14-17-6-4-3-5-7-17)31-27(32-25(19)37)28-8-9-36-10-12-42-13-11-36/h3-7,16,18,20-22,26,39-41H,2,8-15H2,1H3,(H2,28,30,31,32)/t18-,20-,21+,22-,26+/m0/s1. The van der Waals surface area contributed by atoms with Gasteiger partial charge in [-0.3, -0.25) is 9.47 Å². The van der Waals surface area contributed by atoms with Crippen LogP contribution >= 0.6 is 0 Å². The predicted molar refractivity (Wildman–Crippen MR) is 154 cm³/mol. The SMILES string of the molecule is CCn1nnc([C@H]2O[C@@H](n3cnc4c(N[C@H](CO)Cc5ccccc5)nc(NCCN5CCOCC5)nc43)[C@H](O)[C@@H]2O)n1. The summed E-state index contributed by atoms with van der Waals surface area (Å²) in [5.41, 5.74) is 1.86. The van der Waals surface area contributed by atoms with E-state index in [1.165, 1.54) is 11.1 Å². The van der Waals surface area contributed by atoms with Crippen LogP contribution in [0.2, 0.25) is 0 Å².